The van der Waals surface area contributed by atoms with E-state index in [9.17, 15) is 5.11 Å². The van der Waals surface area contributed by atoms with Crippen molar-refractivity contribution < 1.29 is 9.84 Å². The van der Waals surface area contributed by atoms with Gasteiger partial charge in [0.1, 0.15) is 12.2 Å². The lowest BCUT2D eigenvalue weighted by atomic mass is 9.80. The van der Waals surface area contributed by atoms with E-state index in [-0.39, 0.29) is 12.0 Å². The molecule has 17 heavy (non-hydrogen) atoms. The highest BCUT2D eigenvalue weighted by atomic mass is 16.5. The van der Waals surface area contributed by atoms with Crippen LogP contribution in [-0.4, -0.2) is 39.7 Å². The third kappa shape index (κ3) is 2.84. The van der Waals surface area contributed by atoms with Gasteiger partial charge in [0, 0.05) is 25.0 Å². The van der Waals surface area contributed by atoms with E-state index in [0.717, 1.165) is 44.7 Å². The highest BCUT2D eigenvalue weighted by Gasteiger charge is 2.34. The maximum absolute atomic E-state index is 9.62. The van der Waals surface area contributed by atoms with Crippen molar-refractivity contribution in [3.05, 3.63) is 12.2 Å². The minimum absolute atomic E-state index is 0.156. The van der Waals surface area contributed by atoms with Crippen molar-refractivity contribution in [2.75, 3.05) is 19.8 Å². The van der Waals surface area contributed by atoms with Gasteiger partial charge in [0.2, 0.25) is 0 Å². The average molecular weight is 239 g/mol. The molecule has 1 aromatic rings. The van der Waals surface area contributed by atoms with E-state index in [1.807, 2.05) is 4.68 Å². The first kappa shape index (κ1) is 12.5. The van der Waals surface area contributed by atoms with Crippen molar-refractivity contribution in [3.8, 4) is 0 Å². The largest absolute Gasteiger partial charge is 0.396 e. The van der Waals surface area contributed by atoms with E-state index in [2.05, 4.69) is 17.0 Å². The Kier molecular flexibility index (Phi) is 4.12. The summed E-state index contributed by atoms with van der Waals surface area (Å²) in [5.41, 5.74) is -0.156. The third-order valence-corrected chi connectivity index (χ3v) is 3.40. The number of hydrogen-bond acceptors (Lipinski definition) is 4. The summed E-state index contributed by atoms with van der Waals surface area (Å²) in [5.74, 6) is 0.964. The second kappa shape index (κ2) is 5.60. The maximum Gasteiger partial charge on any atom is 0.138 e. The molecule has 2 rings (SSSR count). The van der Waals surface area contributed by atoms with Crippen molar-refractivity contribution in [1.29, 1.82) is 0 Å². The van der Waals surface area contributed by atoms with Crippen molar-refractivity contribution in [2.45, 2.75) is 39.2 Å². The Bertz CT molecular complexity index is 345. The van der Waals surface area contributed by atoms with Gasteiger partial charge in [0.15, 0.2) is 0 Å². The lowest BCUT2D eigenvalue weighted by Crippen LogP contribution is -2.38. The molecule has 0 aromatic carbocycles. The molecule has 1 N–H and O–H groups in total. The molecule has 0 spiro atoms. The number of hydrogen-bond donors (Lipinski definition) is 1. The van der Waals surface area contributed by atoms with Crippen LogP contribution in [0.4, 0.5) is 0 Å². The predicted octanol–water partition coefficient (Wildman–Crippen LogP) is 1.02. The number of aliphatic hydroxyl groups is 1. The fourth-order valence-corrected chi connectivity index (χ4v) is 2.39. The molecule has 1 aromatic heterocycles. The minimum Gasteiger partial charge on any atom is -0.396 e. The Morgan fingerprint density at radius 2 is 2.47 bits per heavy atom. The van der Waals surface area contributed by atoms with Gasteiger partial charge in [-0.3, -0.25) is 4.68 Å². The number of nitrogens with zero attached hydrogens (tertiary/aromatic N) is 3. The van der Waals surface area contributed by atoms with Gasteiger partial charge in [0.05, 0.1) is 13.2 Å². The summed E-state index contributed by atoms with van der Waals surface area (Å²) in [4.78, 5) is 4.31. The van der Waals surface area contributed by atoms with Crippen molar-refractivity contribution in [2.24, 2.45) is 5.41 Å². The summed E-state index contributed by atoms with van der Waals surface area (Å²) in [6.07, 6.45) is 5.41. The molecule has 0 amide bonds. The monoisotopic (exact) mass is 239 g/mol. The summed E-state index contributed by atoms with van der Waals surface area (Å²) in [5, 5.41) is 13.8. The second-order valence-electron chi connectivity index (χ2n) is 4.89. The van der Waals surface area contributed by atoms with Crippen LogP contribution < -0.4 is 0 Å². The normalized spacial score (nSPS) is 25.1. The predicted molar refractivity (Wildman–Crippen MR) is 63.6 cm³/mol. The first-order chi connectivity index (χ1) is 8.29. The summed E-state index contributed by atoms with van der Waals surface area (Å²) in [7, 11) is 0. The highest BCUT2D eigenvalue weighted by Crippen LogP contribution is 2.31. The van der Waals surface area contributed by atoms with Gasteiger partial charge in [-0.2, -0.15) is 5.10 Å². The van der Waals surface area contributed by atoms with Crippen LogP contribution in [-0.2, 0) is 17.7 Å². The van der Waals surface area contributed by atoms with Gasteiger partial charge < -0.3 is 9.84 Å². The molecule has 1 unspecified atom stereocenters. The summed E-state index contributed by atoms with van der Waals surface area (Å²) >= 11 is 0. The van der Waals surface area contributed by atoms with Crippen LogP contribution in [0.5, 0.6) is 0 Å². The molecular formula is C12H21N3O2. The summed E-state index contributed by atoms with van der Waals surface area (Å²) in [6.45, 7) is 4.60. The van der Waals surface area contributed by atoms with Crippen LogP contribution in [0.25, 0.3) is 0 Å². The molecule has 1 saturated heterocycles. The van der Waals surface area contributed by atoms with Crippen molar-refractivity contribution in [1.82, 2.24) is 14.8 Å². The molecule has 0 radical (unpaired) electrons. The van der Waals surface area contributed by atoms with Crippen LogP contribution in [0.3, 0.4) is 0 Å². The van der Waals surface area contributed by atoms with Crippen molar-refractivity contribution >= 4 is 0 Å². The van der Waals surface area contributed by atoms with Crippen LogP contribution in [0.2, 0.25) is 0 Å². The lowest BCUT2D eigenvalue weighted by molar-refractivity contribution is -0.0393. The Balaban J connectivity index is 2.09. The van der Waals surface area contributed by atoms with Gasteiger partial charge in [-0.15, -0.1) is 0 Å². The number of ether oxygens (including phenoxy) is 1. The molecule has 2 heterocycles. The summed E-state index contributed by atoms with van der Waals surface area (Å²) in [6, 6.07) is 0. The zero-order chi connectivity index (χ0) is 12.1. The standard InChI is InChI=1S/C12H21N3O2/c1-2-5-15-11(13-10-14-15)7-12(8-16)4-3-6-17-9-12/h10,16H,2-9H2,1H3. The molecule has 96 valence electrons. The van der Waals surface area contributed by atoms with Crippen LogP contribution in [0.15, 0.2) is 6.33 Å². The fourth-order valence-electron chi connectivity index (χ4n) is 2.39. The van der Waals surface area contributed by atoms with E-state index in [0.29, 0.717) is 6.61 Å². The molecule has 0 aliphatic carbocycles. The van der Waals surface area contributed by atoms with Gasteiger partial charge in [-0.1, -0.05) is 6.92 Å². The van der Waals surface area contributed by atoms with E-state index >= 15 is 0 Å². The molecule has 0 saturated carbocycles. The number of aromatic nitrogens is 3. The smallest absolute Gasteiger partial charge is 0.138 e. The minimum atomic E-state index is -0.156. The Labute approximate surface area is 102 Å². The maximum atomic E-state index is 9.62. The zero-order valence-corrected chi connectivity index (χ0v) is 10.4. The van der Waals surface area contributed by atoms with Crippen molar-refractivity contribution in [3.63, 3.8) is 0 Å². The molecule has 1 aliphatic rings. The molecule has 1 aliphatic heterocycles. The first-order valence-corrected chi connectivity index (χ1v) is 6.35. The number of aliphatic hydroxyl groups excluding tert-OH is 1. The van der Waals surface area contributed by atoms with Crippen LogP contribution in [0, 0.1) is 5.41 Å². The lowest BCUT2D eigenvalue weighted by Gasteiger charge is -2.34. The quantitative estimate of drug-likeness (QED) is 0.833. The van der Waals surface area contributed by atoms with Crippen LogP contribution >= 0.6 is 0 Å². The molecule has 1 atom stereocenters. The molecule has 5 heteroatoms. The van der Waals surface area contributed by atoms with Gasteiger partial charge in [0.25, 0.3) is 0 Å². The number of rotatable bonds is 5. The summed E-state index contributed by atoms with van der Waals surface area (Å²) < 4.78 is 7.44. The van der Waals surface area contributed by atoms with E-state index in [4.69, 9.17) is 4.74 Å². The van der Waals surface area contributed by atoms with Crippen LogP contribution in [0.1, 0.15) is 32.0 Å². The SMILES string of the molecule is CCCn1ncnc1CC1(CO)CCCOC1. The van der Waals surface area contributed by atoms with E-state index in [1.165, 1.54) is 0 Å². The van der Waals surface area contributed by atoms with Gasteiger partial charge >= 0.3 is 0 Å². The molecule has 0 bridgehead atoms. The fraction of sp³-hybridized carbons (Fsp3) is 0.833. The molecule has 5 nitrogen and oxygen atoms in total. The van der Waals surface area contributed by atoms with E-state index in [1.54, 1.807) is 6.33 Å². The average Bonchev–Trinajstić information content (AvgIpc) is 2.78. The molecular weight excluding hydrogens is 218 g/mol. The Morgan fingerprint density at radius 3 is 3.12 bits per heavy atom. The highest BCUT2D eigenvalue weighted by molar-refractivity contribution is 4.95. The zero-order valence-electron chi connectivity index (χ0n) is 10.4. The number of aryl methyl sites for hydroxylation is 1. The topological polar surface area (TPSA) is 60.2 Å². The Hall–Kier alpha value is -0.940. The van der Waals surface area contributed by atoms with E-state index < -0.39 is 0 Å². The second-order valence-corrected chi connectivity index (χ2v) is 4.89. The molecule has 1 fully saturated rings. The van der Waals surface area contributed by atoms with Gasteiger partial charge in [-0.05, 0) is 19.3 Å². The van der Waals surface area contributed by atoms with Gasteiger partial charge in [-0.25, -0.2) is 4.98 Å². The first-order valence-electron chi connectivity index (χ1n) is 6.35. The third-order valence-electron chi connectivity index (χ3n) is 3.40. The Morgan fingerprint density at radius 1 is 1.59 bits per heavy atom.